The van der Waals surface area contributed by atoms with E-state index in [4.69, 9.17) is 9.47 Å². The minimum absolute atomic E-state index is 0.0875. The van der Waals surface area contributed by atoms with Gasteiger partial charge in [-0.3, -0.25) is 14.4 Å². The van der Waals surface area contributed by atoms with Crippen LogP contribution >= 0.6 is 0 Å². The van der Waals surface area contributed by atoms with E-state index in [1.807, 2.05) is 0 Å². The zero-order valence-electron chi connectivity index (χ0n) is 17.6. The van der Waals surface area contributed by atoms with Crippen molar-refractivity contribution in [2.24, 2.45) is 5.92 Å². The van der Waals surface area contributed by atoms with Gasteiger partial charge in [-0.15, -0.1) is 0 Å². The van der Waals surface area contributed by atoms with Crippen molar-refractivity contribution in [3.8, 4) is 11.5 Å². The zero-order chi connectivity index (χ0) is 22.1. The number of amides is 3. The number of hydrogen-bond acceptors (Lipinski definition) is 5. The highest BCUT2D eigenvalue weighted by atomic mass is 16.7. The second kappa shape index (κ2) is 8.53. The monoisotopic (exact) mass is 435 g/mol. The lowest BCUT2D eigenvalue weighted by Gasteiger charge is -2.17. The van der Waals surface area contributed by atoms with Gasteiger partial charge in [0.25, 0.3) is 5.91 Å². The molecular weight excluding hydrogens is 410 g/mol. The fourth-order valence-corrected chi connectivity index (χ4v) is 4.47. The van der Waals surface area contributed by atoms with Crippen LogP contribution in [0, 0.1) is 5.92 Å². The van der Waals surface area contributed by atoms with E-state index in [0.29, 0.717) is 35.0 Å². The normalized spacial score (nSPS) is 19.9. The van der Waals surface area contributed by atoms with Gasteiger partial charge < -0.3 is 25.0 Å². The van der Waals surface area contributed by atoms with Gasteiger partial charge in [0.2, 0.25) is 18.6 Å². The first-order chi connectivity index (χ1) is 15.6. The molecule has 32 heavy (non-hydrogen) atoms. The first-order valence-electron chi connectivity index (χ1n) is 11.0. The largest absolute Gasteiger partial charge is 0.454 e. The second-order valence-corrected chi connectivity index (χ2v) is 8.46. The van der Waals surface area contributed by atoms with Crippen LogP contribution in [-0.4, -0.2) is 37.1 Å². The number of rotatable bonds is 5. The molecule has 2 aromatic carbocycles. The summed E-state index contributed by atoms with van der Waals surface area (Å²) in [6, 6.07) is 12.4. The van der Waals surface area contributed by atoms with Crippen LogP contribution in [0.2, 0.25) is 0 Å². The van der Waals surface area contributed by atoms with Crippen molar-refractivity contribution in [2.45, 2.75) is 38.1 Å². The third-order valence-corrected chi connectivity index (χ3v) is 6.27. The summed E-state index contributed by atoms with van der Waals surface area (Å²) in [7, 11) is 0. The number of nitrogens with zero attached hydrogens (tertiary/aromatic N) is 1. The molecule has 2 N–H and O–H groups in total. The summed E-state index contributed by atoms with van der Waals surface area (Å²) in [6.45, 7) is 0.463. The molecule has 2 aliphatic heterocycles. The summed E-state index contributed by atoms with van der Waals surface area (Å²) in [5, 5.41) is 5.92. The van der Waals surface area contributed by atoms with Crippen molar-refractivity contribution in [1.82, 2.24) is 5.32 Å². The molecule has 1 unspecified atom stereocenters. The van der Waals surface area contributed by atoms with Crippen molar-refractivity contribution in [1.29, 1.82) is 0 Å². The molecule has 0 spiro atoms. The van der Waals surface area contributed by atoms with Gasteiger partial charge in [0.05, 0.1) is 5.92 Å². The molecule has 166 valence electrons. The molecule has 1 saturated heterocycles. The number of hydrogen-bond donors (Lipinski definition) is 2. The fourth-order valence-electron chi connectivity index (χ4n) is 4.47. The predicted molar refractivity (Wildman–Crippen MR) is 118 cm³/mol. The number of carbonyl (C=O) groups is 3. The third kappa shape index (κ3) is 4.12. The van der Waals surface area contributed by atoms with Crippen LogP contribution in [0.3, 0.4) is 0 Å². The number of ether oxygens (including phenoxy) is 2. The average molecular weight is 435 g/mol. The van der Waals surface area contributed by atoms with Crippen LogP contribution in [0.25, 0.3) is 0 Å². The lowest BCUT2D eigenvalue weighted by atomic mass is 10.1. The van der Waals surface area contributed by atoms with Crippen LogP contribution in [-0.2, 0) is 9.59 Å². The molecule has 2 heterocycles. The van der Waals surface area contributed by atoms with Crippen molar-refractivity contribution in [3.05, 3.63) is 48.0 Å². The number of carbonyl (C=O) groups excluding carboxylic acids is 3. The topological polar surface area (TPSA) is 97.0 Å². The maximum Gasteiger partial charge on any atom is 0.251 e. The highest BCUT2D eigenvalue weighted by molar-refractivity contribution is 6.04. The van der Waals surface area contributed by atoms with Crippen LogP contribution in [0.4, 0.5) is 11.4 Å². The Balaban J connectivity index is 1.19. The summed E-state index contributed by atoms with van der Waals surface area (Å²) in [4.78, 5) is 39.3. The first kappa shape index (κ1) is 20.4. The highest BCUT2D eigenvalue weighted by Crippen LogP contribution is 2.37. The minimum atomic E-state index is -0.460. The summed E-state index contributed by atoms with van der Waals surface area (Å²) >= 11 is 0. The number of anilines is 2. The van der Waals surface area contributed by atoms with E-state index < -0.39 is 5.92 Å². The molecule has 1 aliphatic carbocycles. The Kier molecular flexibility index (Phi) is 5.43. The molecule has 3 amide bonds. The van der Waals surface area contributed by atoms with Gasteiger partial charge in [0.1, 0.15) is 0 Å². The molecule has 2 aromatic rings. The van der Waals surface area contributed by atoms with E-state index in [1.54, 1.807) is 47.4 Å². The second-order valence-electron chi connectivity index (χ2n) is 8.46. The maximum absolute atomic E-state index is 12.8. The maximum atomic E-state index is 12.8. The smallest absolute Gasteiger partial charge is 0.251 e. The number of fused-ring (bicyclic) bond motifs is 1. The lowest BCUT2D eigenvalue weighted by molar-refractivity contribution is -0.122. The van der Waals surface area contributed by atoms with Crippen molar-refractivity contribution >= 4 is 29.1 Å². The van der Waals surface area contributed by atoms with E-state index in [9.17, 15) is 14.4 Å². The van der Waals surface area contributed by atoms with Crippen LogP contribution in [0.1, 0.15) is 42.5 Å². The lowest BCUT2D eigenvalue weighted by Crippen LogP contribution is -2.32. The third-order valence-electron chi connectivity index (χ3n) is 6.27. The molecule has 1 saturated carbocycles. The minimum Gasteiger partial charge on any atom is -0.454 e. The molecule has 5 rings (SSSR count). The van der Waals surface area contributed by atoms with Gasteiger partial charge in [0, 0.05) is 42.0 Å². The molecule has 8 heteroatoms. The van der Waals surface area contributed by atoms with E-state index in [-0.39, 0.29) is 37.0 Å². The Labute approximate surface area is 185 Å². The summed E-state index contributed by atoms with van der Waals surface area (Å²) in [5.74, 6) is 0.372. The Morgan fingerprint density at radius 1 is 0.969 bits per heavy atom. The van der Waals surface area contributed by atoms with Crippen molar-refractivity contribution < 1.29 is 23.9 Å². The van der Waals surface area contributed by atoms with E-state index in [0.717, 1.165) is 25.7 Å². The van der Waals surface area contributed by atoms with Crippen LogP contribution in [0.15, 0.2) is 42.5 Å². The summed E-state index contributed by atoms with van der Waals surface area (Å²) < 4.78 is 10.7. The van der Waals surface area contributed by atoms with Gasteiger partial charge in [-0.1, -0.05) is 12.8 Å². The Hall–Kier alpha value is -3.55. The fraction of sp³-hybridized carbons (Fsp3) is 0.375. The molecule has 8 nitrogen and oxygen atoms in total. The SMILES string of the molecule is O=C(NC1CCCC1)c1ccc(NC(=O)C2CC(=O)N(c3ccc4c(c3)OCO4)C2)cc1. The van der Waals surface area contributed by atoms with Crippen molar-refractivity contribution in [2.75, 3.05) is 23.6 Å². The zero-order valence-corrected chi connectivity index (χ0v) is 17.6. The Bertz CT molecular complexity index is 1050. The number of nitrogens with one attached hydrogen (secondary N) is 2. The molecule has 0 bridgehead atoms. The van der Waals surface area contributed by atoms with Gasteiger partial charge >= 0.3 is 0 Å². The van der Waals surface area contributed by atoms with E-state index in [2.05, 4.69) is 10.6 Å². The Morgan fingerprint density at radius 3 is 2.50 bits per heavy atom. The van der Waals surface area contributed by atoms with Gasteiger partial charge in [-0.25, -0.2) is 0 Å². The molecule has 3 aliphatic rings. The highest BCUT2D eigenvalue weighted by Gasteiger charge is 2.35. The molecular formula is C24H25N3O5. The number of benzene rings is 2. The molecule has 2 fully saturated rings. The quantitative estimate of drug-likeness (QED) is 0.752. The average Bonchev–Trinajstić information content (AvgIpc) is 3.54. The van der Waals surface area contributed by atoms with Crippen LogP contribution < -0.4 is 25.0 Å². The standard InChI is InChI=1S/C24H25N3O5/c28-22-11-16(13-27(22)19-9-10-20-21(12-19)32-14-31-20)24(30)26-18-7-5-15(6-8-18)23(29)25-17-3-1-2-4-17/h5-10,12,16-17H,1-4,11,13-14H2,(H,25,29)(H,26,30). The van der Waals surface area contributed by atoms with Gasteiger partial charge in [0.15, 0.2) is 11.5 Å². The predicted octanol–water partition coefficient (Wildman–Crippen LogP) is 3.08. The van der Waals surface area contributed by atoms with E-state index >= 15 is 0 Å². The summed E-state index contributed by atoms with van der Waals surface area (Å²) in [5.41, 5.74) is 1.86. The van der Waals surface area contributed by atoms with Gasteiger partial charge in [-0.05, 0) is 49.2 Å². The summed E-state index contributed by atoms with van der Waals surface area (Å²) in [6.07, 6.45) is 4.52. The first-order valence-corrected chi connectivity index (χ1v) is 11.0. The van der Waals surface area contributed by atoms with E-state index in [1.165, 1.54) is 0 Å². The Morgan fingerprint density at radius 2 is 1.72 bits per heavy atom. The molecule has 0 aromatic heterocycles. The van der Waals surface area contributed by atoms with Gasteiger partial charge in [-0.2, -0.15) is 0 Å². The molecule has 1 atom stereocenters. The van der Waals surface area contributed by atoms with Crippen LogP contribution in [0.5, 0.6) is 11.5 Å². The van der Waals surface area contributed by atoms with Crippen molar-refractivity contribution in [3.63, 3.8) is 0 Å². The molecule has 0 radical (unpaired) electrons.